The van der Waals surface area contributed by atoms with Gasteiger partial charge < -0.3 is 14.7 Å². The van der Waals surface area contributed by atoms with E-state index in [1.165, 1.54) is 33.8 Å². The number of hydrogen-bond acceptors (Lipinski definition) is 5. The van der Waals surface area contributed by atoms with Crippen molar-refractivity contribution >= 4 is 34.3 Å². The number of rotatable bonds is 12. The third kappa shape index (κ3) is 6.48. The maximum atomic E-state index is 12.3. The van der Waals surface area contributed by atoms with Gasteiger partial charge in [0, 0.05) is 41.4 Å². The first-order valence-corrected chi connectivity index (χ1v) is 12.6. The number of benzene rings is 2. The van der Waals surface area contributed by atoms with Crippen LogP contribution in [-0.4, -0.2) is 26.8 Å². The van der Waals surface area contributed by atoms with Crippen molar-refractivity contribution in [1.82, 2.24) is 15.2 Å². The third-order valence-corrected chi connectivity index (χ3v) is 6.45. The number of aromatic amines is 1. The number of nitrogens with one attached hydrogen (secondary N) is 2. The lowest BCUT2D eigenvalue weighted by atomic mass is 10.1. The van der Waals surface area contributed by atoms with Gasteiger partial charge >= 0.3 is 0 Å². The average molecular weight is 463 g/mol. The smallest absolute Gasteiger partial charge is 0.276 e. The zero-order valence-electron chi connectivity index (χ0n) is 19.0. The van der Waals surface area contributed by atoms with Gasteiger partial charge in [0.1, 0.15) is 0 Å². The molecule has 0 spiro atoms. The van der Waals surface area contributed by atoms with Gasteiger partial charge in [-0.2, -0.15) is 0 Å². The predicted molar refractivity (Wildman–Crippen MR) is 134 cm³/mol. The molecule has 0 radical (unpaired) electrons. The number of aryl methyl sites for hydroxylation is 3. The highest BCUT2D eigenvalue weighted by Crippen LogP contribution is 2.22. The Hall–Kier alpha value is -3.06. The van der Waals surface area contributed by atoms with E-state index in [1.807, 2.05) is 24.3 Å². The Kier molecular flexibility index (Phi) is 8.19. The van der Waals surface area contributed by atoms with Gasteiger partial charge in [0.15, 0.2) is 0 Å². The van der Waals surface area contributed by atoms with E-state index in [4.69, 9.17) is 4.42 Å². The van der Waals surface area contributed by atoms with Crippen molar-refractivity contribution in [2.45, 2.75) is 57.1 Å². The van der Waals surface area contributed by atoms with E-state index in [0.717, 1.165) is 50.0 Å². The molecule has 2 aromatic carbocycles. The molecule has 33 heavy (non-hydrogen) atoms. The van der Waals surface area contributed by atoms with Crippen LogP contribution in [-0.2, 0) is 24.1 Å². The van der Waals surface area contributed by atoms with E-state index in [0.29, 0.717) is 17.5 Å². The Morgan fingerprint density at radius 2 is 1.85 bits per heavy atom. The van der Waals surface area contributed by atoms with E-state index < -0.39 is 0 Å². The number of anilines is 1. The predicted octanol–water partition coefficient (Wildman–Crippen LogP) is 6.19. The maximum Gasteiger partial charge on any atom is 0.276 e. The molecule has 4 rings (SSSR count). The number of hydrogen-bond donors (Lipinski definition) is 2. The van der Waals surface area contributed by atoms with E-state index in [2.05, 4.69) is 57.9 Å². The van der Waals surface area contributed by atoms with Crippen molar-refractivity contribution in [3.05, 3.63) is 71.7 Å². The summed E-state index contributed by atoms with van der Waals surface area (Å²) >= 11 is 1.51. The van der Waals surface area contributed by atoms with Crippen LogP contribution in [0.4, 0.5) is 5.69 Å². The molecule has 0 fully saturated rings. The molecular weight excluding hydrogens is 432 g/mol. The van der Waals surface area contributed by atoms with Crippen LogP contribution in [0.1, 0.15) is 49.6 Å². The van der Waals surface area contributed by atoms with Crippen molar-refractivity contribution in [3.8, 4) is 0 Å². The molecule has 2 heterocycles. The maximum absolute atomic E-state index is 12.3. The van der Waals surface area contributed by atoms with Gasteiger partial charge in [-0.15, -0.1) is 10.2 Å². The first kappa shape index (κ1) is 23.1. The summed E-state index contributed by atoms with van der Waals surface area (Å²) in [5, 5.41) is 13.2. The largest absolute Gasteiger partial charge is 0.416 e. The van der Waals surface area contributed by atoms with Crippen LogP contribution in [0.2, 0.25) is 0 Å². The number of carbonyl (C=O) groups excluding carboxylic acids is 1. The topological polar surface area (TPSA) is 83.8 Å². The van der Waals surface area contributed by atoms with Gasteiger partial charge in [0.05, 0.1) is 0 Å². The Bertz CT molecular complexity index is 1180. The fourth-order valence-electron chi connectivity index (χ4n) is 3.90. The number of para-hydroxylation sites is 2. The number of carbonyl (C=O) groups is 1. The number of H-pyrrole nitrogens is 1. The van der Waals surface area contributed by atoms with Crippen molar-refractivity contribution in [2.75, 3.05) is 11.1 Å². The van der Waals surface area contributed by atoms with E-state index >= 15 is 0 Å². The summed E-state index contributed by atoms with van der Waals surface area (Å²) in [6, 6.07) is 16.4. The van der Waals surface area contributed by atoms with Crippen molar-refractivity contribution in [3.63, 3.8) is 0 Å². The van der Waals surface area contributed by atoms with Crippen LogP contribution in [0.5, 0.6) is 0 Å². The summed E-state index contributed by atoms with van der Waals surface area (Å²) in [5.74, 6) is 1.48. The van der Waals surface area contributed by atoms with Crippen LogP contribution in [0.25, 0.3) is 10.9 Å². The molecule has 6 nitrogen and oxygen atoms in total. The van der Waals surface area contributed by atoms with E-state index in [1.54, 1.807) is 0 Å². The van der Waals surface area contributed by atoms with Crippen molar-refractivity contribution in [2.24, 2.45) is 0 Å². The van der Waals surface area contributed by atoms with E-state index in [9.17, 15) is 4.79 Å². The first-order valence-electron chi connectivity index (χ1n) is 11.6. The molecule has 0 atom stereocenters. The minimum absolute atomic E-state index is 0.0441. The molecule has 2 N–H and O–H groups in total. The second-order valence-electron chi connectivity index (χ2n) is 8.08. The fraction of sp³-hybridized carbons (Fsp3) is 0.346. The molecule has 172 valence electrons. The van der Waals surface area contributed by atoms with Crippen LogP contribution in [0.3, 0.4) is 0 Å². The van der Waals surface area contributed by atoms with Gasteiger partial charge in [-0.05, 0) is 48.9 Å². The molecule has 0 bridgehead atoms. The van der Waals surface area contributed by atoms with Crippen LogP contribution < -0.4 is 5.32 Å². The molecule has 2 aromatic heterocycles. The highest BCUT2D eigenvalue weighted by molar-refractivity contribution is 7.99. The van der Waals surface area contributed by atoms with Crippen molar-refractivity contribution in [1.29, 1.82) is 0 Å². The standard InChI is InChI=1S/C26H30N4O2S/c1-2-9-19-10-3-5-13-22(19)28-24(31)15-8-17-33-26-30-29-25(32-26)16-7-11-20-18-27-23-14-6-4-12-21(20)23/h3-6,10,12-14,18,27H,2,7-9,11,15-17H2,1H3,(H,28,31). The minimum Gasteiger partial charge on any atom is -0.416 e. The number of amides is 1. The summed E-state index contributed by atoms with van der Waals surface area (Å²) in [5.41, 5.74) is 4.59. The molecular formula is C26H30N4O2S. The zero-order valence-corrected chi connectivity index (χ0v) is 19.8. The van der Waals surface area contributed by atoms with Crippen LogP contribution in [0.15, 0.2) is 64.4 Å². The van der Waals surface area contributed by atoms with Gasteiger partial charge in [-0.25, -0.2) is 0 Å². The minimum atomic E-state index is 0.0441. The lowest BCUT2D eigenvalue weighted by Crippen LogP contribution is -2.13. The number of thioether (sulfide) groups is 1. The first-order chi connectivity index (χ1) is 16.2. The molecule has 0 saturated heterocycles. The average Bonchev–Trinajstić information content (AvgIpc) is 3.45. The normalized spacial score (nSPS) is 11.2. The van der Waals surface area contributed by atoms with Crippen molar-refractivity contribution < 1.29 is 9.21 Å². The summed E-state index contributed by atoms with van der Waals surface area (Å²) in [7, 11) is 0. The third-order valence-electron chi connectivity index (χ3n) is 5.54. The van der Waals surface area contributed by atoms with Crippen LogP contribution in [0, 0.1) is 0 Å². The molecule has 0 aliphatic heterocycles. The summed E-state index contributed by atoms with van der Waals surface area (Å²) in [6.07, 6.45) is 8.00. The summed E-state index contributed by atoms with van der Waals surface area (Å²) < 4.78 is 5.77. The molecule has 0 unspecified atom stereocenters. The number of nitrogens with zero attached hydrogens (tertiary/aromatic N) is 2. The Morgan fingerprint density at radius 3 is 2.76 bits per heavy atom. The highest BCUT2D eigenvalue weighted by atomic mass is 32.2. The number of aromatic nitrogens is 3. The second-order valence-corrected chi connectivity index (χ2v) is 9.13. The lowest BCUT2D eigenvalue weighted by Gasteiger charge is -2.10. The molecule has 7 heteroatoms. The second kappa shape index (κ2) is 11.7. The highest BCUT2D eigenvalue weighted by Gasteiger charge is 2.10. The molecule has 0 saturated carbocycles. The van der Waals surface area contributed by atoms with Gasteiger partial charge in [0.25, 0.3) is 5.22 Å². The Balaban J connectivity index is 1.15. The molecule has 0 aliphatic rings. The molecule has 4 aromatic rings. The number of fused-ring (bicyclic) bond motifs is 1. The molecule has 1 amide bonds. The van der Waals surface area contributed by atoms with Gasteiger partial charge in [-0.3, -0.25) is 4.79 Å². The quantitative estimate of drug-likeness (QED) is 0.194. The van der Waals surface area contributed by atoms with Gasteiger partial charge in [0.2, 0.25) is 11.8 Å². The monoisotopic (exact) mass is 462 g/mol. The lowest BCUT2D eigenvalue weighted by molar-refractivity contribution is -0.116. The fourth-order valence-corrected chi connectivity index (χ4v) is 4.62. The summed E-state index contributed by atoms with van der Waals surface area (Å²) in [4.78, 5) is 15.6. The van der Waals surface area contributed by atoms with Gasteiger partial charge in [-0.1, -0.05) is 61.5 Å². The zero-order chi connectivity index (χ0) is 22.9. The Labute approximate surface area is 198 Å². The van der Waals surface area contributed by atoms with Crippen LogP contribution >= 0.6 is 11.8 Å². The SMILES string of the molecule is CCCc1ccccc1NC(=O)CCCSc1nnc(CCCc2c[nH]c3ccccc23)o1. The molecule has 0 aliphatic carbocycles. The Morgan fingerprint density at radius 1 is 1.00 bits per heavy atom. The summed E-state index contributed by atoms with van der Waals surface area (Å²) in [6.45, 7) is 2.14. The van der Waals surface area contributed by atoms with E-state index in [-0.39, 0.29) is 5.91 Å².